The Bertz CT molecular complexity index is 1120. The van der Waals surface area contributed by atoms with Gasteiger partial charge in [0.1, 0.15) is 0 Å². The van der Waals surface area contributed by atoms with E-state index in [1.807, 2.05) is 59.2 Å². The Morgan fingerprint density at radius 1 is 0.867 bits per heavy atom. The predicted molar refractivity (Wildman–Crippen MR) is 121 cm³/mol. The van der Waals surface area contributed by atoms with Crippen LogP contribution in [0.4, 0.5) is 16.2 Å². The third-order valence-corrected chi connectivity index (χ3v) is 5.83. The molecule has 1 heterocycles. The number of amides is 2. The number of carbonyl (C=O) groups excluding carboxylic acids is 1. The summed E-state index contributed by atoms with van der Waals surface area (Å²) in [5.41, 5.74) is 5.15. The van der Waals surface area contributed by atoms with Crippen LogP contribution in [0.1, 0.15) is 42.1 Å². The van der Waals surface area contributed by atoms with Gasteiger partial charge in [-0.1, -0.05) is 47.5 Å². The normalized spacial score (nSPS) is 17.8. The minimum atomic E-state index is -0.510. The lowest BCUT2D eigenvalue weighted by Gasteiger charge is -2.35. The fourth-order valence-corrected chi connectivity index (χ4v) is 4.39. The van der Waals surface area contributed by atoms with Gasteiger partial charge in [0.05, 0.1) is 23.2 Å². The van der Waals surface area contributed by atoms with Crippen molar-refractivity contribution in [3.05, 3.63) is 95.1 Å². The van der Waals surface area contributed by atoms with Crippen LogP contribution in [0, 0.1) is 25.2 Å². The van der Waals surface area contributed by atoms with Crippen molar-refractivity contribution in [2.75, 3.05) is 9.80 Å². The number of anilines is 2. The van der Waals surface area contributed by atoms with Gasteiger partial charge in [0.15, 0.2) is 0 Å². The van der Waals surface area contributed by atoms with Crippen LogP contribution in [0.5, 0.6) is 0 Å². The first-order chi connectivity index (χ1) is 14.3. The number of hydrogen-bond donors (Lipinski definition) is 0. The molecular formula is C26H25N3O. The molecule has 0 N–H and O–H groups in total. The molecule has 0 unspecified atom stereocenters. The van der Waals surface area contributed by atoms with Gasteiger partial charge in [0.25, 0.3) is 0 Å². The Balaban J connectivity index is 1.89. The van der Waals surface area contributed by atoms with Crippen molar-refractivity contribution in [1.82, 2.24) is 0 Å². The first-order valence-corrected chi connectivity index (χ1v) is 10.1. The second-order valence-corrected chi connectivity index (χ2v) is 8.45. The largest absolute Gasteiger partial charge is 0.330 e. The molecule has 1 aliphatic heterocycles. The summed E-state index contributed by atoms with van der Waals surface area (Å²) in [4.78, 5) is 17.6. The van der Waals surface area contributed by atoms with E-state index in [2.05, 4.69) is 45.0 Å². The second-order valence-electron chi connectivity index (χ2n) is 8.45. The highest BCUT2D eigenvalue weighted by molar-refractivity contribution is 6.08. The molecule has 0 aliphatic carbocycles. The van der Waals surface area contributed by atoms with Crippen LogP contribution in [0.2, 0.25) is 0 Å². The Kier molecular flexibility index (Phi) is 4.83. The molecule has 0 radical (unpaired) electrons. The zero-order valence-electron chi connectivity index (χ0n) is 17.8. The highest BCUT2D eigenvalue weighted by Crippen LogP contribution is 2.47. The van der Waals surface area contributed by atoms with E-state index in [4.69, 9.17) is 5.26 Å². The van der Waals surface area contributed by atoms with E-state index < -0.39 is 5.54 Å². The molecule has 3 aromatic carbocycles. The molecule has 0 aromatic heterocycles. The fourth-order valence-electron chi connectivity index (χ4n) is 4.39. The average molecular weight is 396 g/mol. The number of aryl methyl sites for hydroxylation is 2. The van der Waals surface area contributed by atoms with Crippen molar-refractivity contribution in [3.63, 3.8) is 0 Å². The van der Waals surface area contributed by atoms with Crippen molar-refractivity contribution in [2.45, 2.75) is 39.3 Å². The van der Waals surface area contributed by atoms with Gasteiger partial charge in [0, 0.05) is 11.4 Å². The monoisotopic (exact) mass is 395 g/mol. The smallest absolute Gasteiger partial charge is 0.286 e. The summed E-state index contributed by atoms with van der Waals surface area (Å²) in [6.07, 6.45) is 0. The van der Waals surface area contributed by atoms with E-state index >= 15 is 0 Å². The highest BCUT2D eigenvalue weighted by Gasteiger charge is 2.53. The van der Waals surface area contributed by atoms with Crippen LogP contribution >= 0.6 is 0 Å². The molecule has 150 valence electrons. The third-order valence-electron chi connectivity index (χ3n) is 5.83. The van der Waals surface area contributed by atoms with E-state index in [0.717, 1.165) is 28.1 Å². The Morgan fingerprint density at radius 3 is 2.10 bits per heavy atom. The number of hydrogen-bond acceptors (Lipinski definition) is 2. The molecule has 4 rings (SSSR count). The molecule has 1 atom stereocenters. The van der Waals surface area contributed by atoms with Gasteiger partial charge in [0.2, 0.25) is 0 Å². The average Bonchev–Trinajstić information content (AvgIpc) is 2.94. The van der Waals surface area contributed by atoms with E-state index in [0.29, 0.717) is 5.56 Å². The van der Waals surface area contributed by atoms with Gasteiger partial charge in [-0.05, 0) is 69.7 Å². The van der Waals surface area contributed by atoms with Crippen LogP contribution in [0.3, 0.4) is 0 Å². The zero-order chi connectivity index (χ0) is 21.5. The summed E-state index contributed by atoms with van der Waals surface area (Å²) in [6, 6.07) is 25.6. The quantitative estimate of drug-likeness (QED) is 0.535. The standard InChI is InChI=1S/C26H25N3O/c1-18-8-12-22(13-9-18)28-24(21-7-5-6-19(2)16-21)26(3,4)29(25(28)30)23-14-10-20(17-27)11-15-23/h5-16,24H,1-4H3/t24-/m0/s1. The van der Waals surface area contributed by atoms with Gasteiger partial charge < -0.3 is 0 Å². The molecule has 1 aliphatic rings. The maximum atomic E-state index is 13.8. The number of nitrogens with zero attached hydrogens (tertiary/aromatic N) is 3. The Hall–Kier alpha value is -3.58. The van der Waals surface area contributed by atoms with Crippen LogP contribution in [-0.4, -0.2) is 11.6 Å². The molecule has 0 bridgehead atoms. The fraction of sp³-hybridized carbons (Fsp3) is 0.231. The van der Waals surface area contributed by atoms with E-state index in [1.54, 1.807) is 12.1 Å². The summed E-state index contributed by atoms with van der Waals surface area (Å²) in [7, 11) is 0. The third kappa shape index (κ3) is 3.23. The summed E-state index contributed by atoms with van der Waals surface area (Å²) >= 11 is 0. The molecule has 3 aromatic rings. The summed E-state index contributed by atoms with van der Waals surface area (Å²) in [5.74, 6) is 0. The van der Waals surface area contributed by atoms with Crippen LogP contribution in [-0.2, 0) is 0 Å². The van der Waals surface area contributed by atoms with Crippen molar-refractivity contribution >= 4 is 17.4 Å². The molecule has 0 saturated carbocycles. The summed E-state index contributed by atoms with van der Waals surface area (Å²) in [6.45, 7) is 8.32. The van der Waals surface area contributed by atoms with Gasteiger partial charge in [-0.15, -0.1) is 0 Å². The Labute approximate surface area is 178 Å². The summed E-state index contributed by atoms with van der Waals surface area (Å²) in [5, 5.41) is 9.14. The van der Waals surface area contributed by atoms with Gasteiger partial charge in [-0.25, -0.2) is 4.79 Å². The first-order valence-electron chi connectivity index (χ1n) is 10.1. The lowest BCUT2D eigenvalue weighted by molar-refractivity contribution is 0.254. The van der Waals surface area contributed by atoms with Crippen LogP contribution in [0.15, 0.2) is 72.8 Å². The van der Waals surface area contributed by atoms with Gasteiger partial charge in [-0.2, -0.15) is 5.26 Å². The maximum Gasteiger partial charge on any atom is 0.330 e. The minimum Gasteiger partial charge on any atom is -0.286 e. The molecule has 2 amide bonds. The van der Waals surface area contributed by atoms with Gasteiger partial charge in [-0.3, -0.25) is 9.80 Å². The van der Waals surface area contributed by atoms with Crippen molar-refractivity contribution in [2.24, 2.45) is 0 Å². The molecular weight excluding hydrogens is 370 g/mol. The molecule has 1 fully saturated rings. The minimum absolute atomic E-state index is 0.0694. The Morgan fingerprint density at radius 2 is 1.50 bits per heavy atom. The number of carbonyl (C=O) groups is 1. The van der Waals surface area contributed by atoms with Crippen molar-refractivity contribution < 1.29 is 4.79 Å². The zero-order valence-corrected chi connectivity index (χ0v) is 17.8. The molecule has 30 heavy (non-hydrogen) atoms. The lowest BCUT2D eigenvalue weighted by atomic mass is 9.87. The van der Waals surface area contributed by atoms with Crippen LogP contribution in [0.25, 0.3) is 0 Å². The van der Waals surface area contributed by atoms with Gasteiger partial charge >= 0.3 is 6.03 Å². The SMILES string of the molecule is Cc1ccc(N2C(=O)N(c3ccc(C#N)cc3)C(C)(C)[C@@H]2c2cccc(C)c2)cc1. The predicted octanol–water partition coefficient (Wildman–Crippen LogP) is 6.14. The first kappa shape index (κ1) is 19.7. The number of nitriles is 1. The number of benzene rings is 3. The van der Waals surface area contributed by atoms with Crippen molar-refractivity contribution in [3.8, 4) is 6.07 Å². The highest BCUT2D eigenvalue weighted by atomic mass is 16.2. The lowest BCUT2D eigenvalue weighted by Crippen LogP contribution is -2.43. The number of rotatable bonds is 3. The van der Waals surface area contributed by atoms with E-state index in [9.17, 15) is 4.79 Å². The van der Waals surface area contributed by atoms with Crippen LogP contribution < -0.4 is 9.80 Å². The molecule has 1 saturated heterocycles. The topological polar surface area (TPSA) is 47.3 Å². The molecule has 4 heteroatoms. The molecule has 0 spiro atoms. The maximum absolute atomic E-state index is 13.8. The van der Waals surface area contributed by atoms with Crippen molar-refractivity contribution in [1.29, 1.82) is 5.26 Å². The second kappa shape index (κ2) is 7.35. The van der Waals surface area contributed by atoms with E-state index in [-0.39, 0.29) is 12.1 Å². The summed E-state index contributed by atoms with van der Waals surface area (Å²) < 4.78 is 0. The molecule has 4 nitrogen and oxygen atoms in total. The number of urea groups is 1. The van der Waals surface area contributed by atoms with E-state index in [1.165, 1.54) is 0 Å².